The highest BCUT2D eigenvalue weighted by atomic mass is 19.4. The Labute approximate surface area is 134 Å². The molecular formula is C17H11F3N2O2. The SMILES string of the molecule is NC(=O)c1cc2ccccc2oc1=Nc1cccc(C(F)(F)F)c1. The average Bonchev–Trinajstić information content (AvgIpc) is 2.53. The number of amides is 1. The third kappa shape index (κ3) is 3.15. The molecule has 0 aliphatic heterocycles. The van der Waals surface area contributed by atoms with Crippen LogP contribution in [-0.4, -0.2) is 5.91 Å². The van der Waals surface area contributed by atoms with E-state index < -0.39 is 17.6 Å². The molecule has 0 fully saturated rings. The molecule has 1 heterocycles. The number of fused-ring (bicyclic) bond motifs is 1. The maximum absolute atomic E-state index is 12.8. The van der Waals surface area contributed by atoms with Crippen molar-refractivity contribution in [2.75, 3.05) is 0 Å². The largest absolute Gasteiger partial charge is 0.438 e. The topological polar surface area (TPSA) is 68.6 Å². The second-order valence-corrected chi connectivity index (χ2v) is 5.03. The van der Waals surface area contributed by atoms with Crippen LogP contribution in [0.3, 0.4) is 0 Å². The minimum absolute atomic E-state index is 0.00589. The predicted octanol–water partition coefficient (Wildman–Crippen LogP) is 3.78. The molecule has 0 spiro atoms. The Morgan fingerprint density at radius 2 is 1.79 bits per heavy atom. The molecule has 24 heavy (non-hydrogen) atoms. The molecule has 2 N–H and O–H groups in total. The molecule has 1 aromatic heterocycles. The summed E-state index contributed by atoms with van der Waals surface area (Å²) in [6.07, 6.45) is -4.49. The van der Waals surface area contributed by atoms with E-state index >= 15 is 0 Å². The van der Waals surface area contributed by atoms with Gasteiger partial charge < -0.3 is 10.2 Å². The number of nitrogens with two attached hydrogens (primary N) is 1. The van der Waals surface area contributed by atoms with Gasteiger partial charge in [0, 0.05) is 5.39 Å². The molecule has 1 amide bonds. The van der Waals surface area contributed by atoms with Gasteiger partial charge in [-0.1, -0.05) is 24.3 Å². The lowest BCUT2D eigenvalue weighted by atomic mass is 10.1. The summed E-state index contributed by atoms with van der Waals surface area (Å²) in [5.74, 6) is -0.782. The highest BCUT2D eigenvalue weighted by Crippen LogP contribution is 2.31. The molecule has 0 aliphatic rings. The summed E-state index contributed by atoms with van der Waals surface area (Å²) in [4.78, 5) is 15.6. The Morgan fingerprint density at radius 1 is 1.04 bits per heavy atom. The molecule has 0 unspecified atom stereocenters. The van der Waals surface area contributed by atoms with Crippen molar-refractivity contribution in [2.45, 2.75) is 6.18 Å². The molecule has 4 nitrogen and oxygen atoms in total. The summed E-state index contributed by atoms with van der Waals surface area (Å²) in [7, 11) is 0. The molecule has 0 atom stereocenters. The smallest absolute Gasteiger partial charge is 0.416 e. The number of alkyl halides is 3. The van der Waals surface area contributed by atoms with E-state index in [0.717, 1.165) is 12.1 Å². The van der Waals surface area contributed by atoms with E-state index in [-0.39, 0.29) is 16.8 Å². The zero-order valence-electron chi connectivity index (χ0n) is 12.2. The van der Waals surface area contributed by atoms with Gasteiger partial charge in [0.1, 0.15) is 11.1 Å². The monoisotopic (exact) mass is 332 g/mol. The molecule has 0 saturated carbocycles. The Balaban J connectivity index is 2.23. The van der Waals surface area contributed by atoms with Crippen LogP contribution in [0, 0.1) is 0 Å². The Morgan fingerprint density at radius 3 is 2.50 bits per heavy atom. The Bertz CT molecular complexity index is 991. The van der Waals surface area contributed by atoms with Gasteiger partial charge >= 0.3 is 6.18 Å². The molecular weight excluding hydrogens is 321 g/mol. The van der Waals surface area contributed by atoms with Crippen LogP contribution in [-0.2, 0) is 6.18 Å². The molecule has 0 saturated heterocycles. The normalized spacial score (nSPS) is 12.5. The number of carbonyl (C=O) groups excluding carboxylic acids is 1. The molecule has 3 rings (SSSR count). The van der Waals surface area contributed by atoms with Crippen molar-refractivity contribution >= 4 is 22.6 Å². The fraction of sp³-hybridized carbons (Fsp3) is 0.0588. The summed E-state index contributed by atoms with van der Waals surface area (Å²) in [6, 6.07) is 12.8. The van der Waals surface area contributed by atoms with Crippen molar-refractivity contribution in [3.05, 3.63) is 71.3 Å². The molecule has 0 aliphatic carbocycles. The van der Waals surface area contributed by atoms with Gasteiger partial charge in [0.15, 0.2) is 0 Å². The van der Waals surface area contributed by atoms with Gasteiger partial charge in [0.05, 0.1) is 11.3 Å². The van der Waals surface area contributed by atoms with Crippen molar-refractivity contribution in [2.24, 2.45) is 10.7 Å². The van der Waals surface area contributed by atoms with Crippen LogP contribution in [0.25, 0.3) is 11.0 Å². The summed E-state index contributed by atoms with van der Waals surface area (Å²) < 4.78 is 43.9. The number of nitrogens with zero attached hydrogens (tertiary/aromatic N) is 1. The summed E-state index contributed by atoms with van der Waals surface area (Å²) in [5.41, 5.74) is 4.77. The standard InChI is InChI=1S/C17H11F3N2O2/c18-17(19,20)11-5-3-6-12(9-11)22-16-13(15(21)23)8-10-4-1-2-7-14(10)24-16/h1-9H,(H2,21,23). The highest BCUT2D eigenvalue weighted by molar-refractivity contribution is 5.95. The second-order valence-electron chi connectivity index (χ2n) is 5.03. The highest BCUT2D eigenvalue weighted by Gasteiger charge is 2.30. The van der Waals surface area contributed by atoms with E-state index in [4.69, 9.17) is 10.2 Å². The molecule has 0 radical (unpaired) electrons. The van der Waals surface area contributed by atoms with Gasteiger partial charge in [-0.25, -0.2) is 4.99 Å². The van der Waals surface area contributed by atoms with Crippen molar-refractivity contribution in [1.29, 1.82) is 0 Å². The maximum atomic E-state index is 12.8. The van der Waals surface area contributed by atoms with Gasteiger partial charge in [-0.2, -0.15) is 13.2 Å². The number of primary amides is 1. The average molecular weight is 332 g/mol. The first kappa shape index (κ1) is 15.8. The van der Waals surface area contributed by atoms with E-state index in [1.54, 1.807) is 24.3 Å². The lowest BCUT2D eigenvalue weighted by molar-refractivity contribution is -0.137. The van der Waals surface area contributed by atoms with Crippen LogP contribution in [0.5, 0.6) is 0 Å². The molecule has 2 aromatic carbocycles. The van der Waals surface area contributed by atoms with Crippen LogP contribution in [0.2, 0.25) is 0 Å². The second kappa shape index (κ2) is 5.84. The quantitative estimate of drug-likeness (QED) is 0.776. The van der Waals surface area contributed by atoms with Crippen LogP contribution >= 0.6 is 0 Å². The first-order chi connectivity index (χ1) is 11.3. The first-order valence-corrected chi connectivity index (χ1v) is 6.89. The number of hydrogen-bond acceptors (Lipinski definition) is 3. The fourth-order valence-corrected chi connectivity index (χ4v) is 2.20. The van der Waals surface area contributed by atoms with Gasteiger partial charge in [-0.15, -0.1) is 0 Å². The van der Waals surface area contributed by atoms with E-state index in [1.165, 1.54) is 18.2 Å². The Hall–Kier alpha value is -3.09. The maximum Gasteiger partial charge on any atom is 0.416 e. The first-order valence-electron chi connectivity index (χ1n) is 6.89. The zero-order valence-corrected chi connectivity index (χ0v) is 12.2. The van der Waals surface area contributed by atoms with Gasteiger partial charge in [-0.05, 0) is 30.3 Å². The van der Waals surface area contributed by atoms with E-state index in [1.807, 2.05) is 0 Å². The van der Waals surface area contributed by atoms with Crippen molar-refractivity contribution in [3.8, 4) is 0 Å². The third-order valence-electron chi connectivity index (χ3n) is 3.33. The fourth-order valence-electron chi connectivity index (χ4n) is 2.20. The number of carbonyl (C=O) groups is 1. The molecule has 3 aromatic rings. The number of hydrogen-bond donors (Lipinski definition) is 1. The van der Waals surface area contributed by atoms with E-state index in [9.17, 15) is 18.0 Å². The minimum Gasteiger partial charge on any atom is -0.438 e. The van der Waals surface area contributed by atoms with Crippen molar-refractivity contribution in [1.82, 2.24) is 0 Å². The van der Waals surface area contributed by atoms with Gasteiger partial charge in [0.2, 0.25) is 5.55 Å². The summed E-state index contributed by atoms with van der Waals surface area (Å²) >= 11 is 0. The minimum atomic E-state index is -4.49. The Kier molecular flexibility index (Phi) is 3.84. The van der Waals surface area contributed by atoms with E-state index in [2.05, 4.69) is 4.99 Å². The van der Waals surface area contributed by atoms with Crippen LogP contribution in [0.1, 0.15) is 15.9 Å². The van der Waals surface area contributed by atoms with Crippen molar-refractivity contribution < 1.29 is 22.4 Å². The number of halogens is 3. The lowest BCUT2D eigenvalue weighted by Gasteiger charge is -2.06. The lowest BCUT2D eigenvalue weighted by Crippen LogP contribution is -2.21. The van der Waals surface area contributed by atoms with Crippen molar-refractivity contribution in [3.63, 3.8) is 0 Å². The van der Waals surface area contributed by atoms with Crippen LogP contribution < -0.4 is 11.3 Å². The van der Waals surface area contributed by atoms with Gasteiger partial charge in [-0.3, -0.25) is 4.79 Å². The third-order valence-corrected chi connectivity index (χ3v) is 3.33. The van der Waals surface area contributed by atoms with Crippen LogP contribution in [0.4, 0.5) is 18.9 Å². The van der Waals surface area contributed by atoms with Gasteiger partial charge in [0.25, 0.3) is 5.91 Å². The summed E-state index contributed by atoms with van der Waals surface area (Å²) in [6.45, 7) is 0. The molecule has 0 bridgehead atoms. The number of benzene rings is 2. The summed E-state index contributed by atoms with van der Waals surface area (Å²) in [5, 5.41) is 0.634. The van der Waals surface area contributed by atoms with Crippen LogP contribution in [0.15, 0.2) is 64.0 Å². The number of para-hydroxylation sites is 1. The zero-order chi connectivity index (χ0) is 17.3. The predicted molar refractivity (Wildman–Crippen MR) is 81.4 cm³/mol. The number of rotatable bonds is 2. The molecule has 7 heteroatoms. The molecule has 122 valence electrons. The van der Waals surface area contributed by atoms with E-state index in [0.29, 0.717) is 11.0 Å².